The van der Waals surface area contributed by atoms with Crippen molar-refractivity contribution in [2.24, 2.45) is 17.6 Å². The Balaban J connectivity index is 2.38. The number of hydrogen-bond acceptors (Lipinski definition) is 2. The fraction of sp³-hybridized carbons (Fsp3) is 0.933. The van der Waals surface area contributed by atoms with Crippen LogP contribution in [-0.4, -0.2) is 18.5 Å². The Morgan fingerprint density at radius 1 is 1.33 bits per heavy atom. The summed E-state index contributed by atoms with van der Waals surface area (Å²) < 4.78 is 0. The maximum atomic E-state index is 12.1. The van der Waals surface area contributed by atoms with E-state index in [2.05, 4.69) is 12.2 Å². The summed E-state index contributed by atoms with van der Waals surface area (Å²) in [4.78, 5) is 12.1. The molecule has 0 heterocycles. The summed E-state index contributed by atoms with van der Waals surface area (Å²) in [5.41, 5.74) is 5.49. The van der Waals surface area contributed by atoms with Crippen LogP contribution in [0.2, 0.25) is 0 Å². The molecule has 0 spiro atoms. The van der Waals surface area contributed by atoms with E-state index in [1.807, 2.05) is 6.92 Å². The molecule has 0 saturated heterocycles. The minimum absolute atomic E-state index is 0.103. The van der Waals surface area contributed by atoms with Crippen LogP contribution in [0.15, 0.2) is 0 Å². The molecule has 1 rings (SSSR count). The lowest BCUT2D eigenvalue weighted by Crippen LogP contribution is -2.43. The van der Waals surface area contributed by atoms with Crippen molar-refractivity contribution in [1.29, 1.82) is 0 Å². The van der Waals surface area contributed by atoms with Crippen molar-refractivity contribution < 1.29 is 4.79 Å². The lowest BCUT2D eigenvalue weighted by Gasteiger charge is -2.31. The molecule has 0 aliphatic heterocycles. The van der Waals surface area contributed by atoms with Crippen molar-refractivity contribution >= 4 is 5.91 Å². The van der Waals surface area contributed by atoms with Crippen LogP contribution >= 0.6 is 0 Å². The second-order valence-electron chi connectivity index (χ2n) is 5.75. The smallest absolute Gasteiger partial charge is 0.223 e. The molecule has 1 aliphatic carbocycles. The summed E-state index contributed by atoms with van der Waals surface area (Å²) in [6.07, 6.45) is 9.51. The minimum Gasteiger partial charge on any atom is -0.353 e. The highest BCUT2D eigenvalue weighted by Crippen LogP contribution is 2.27. The molecule has 0 aromatic rings. The van der Waals surface area contributed by atoms with Crippen LogP contribution in [0.4, 0.5) is 0 Å². The number of carbonyl (C=O) groups is 1. The lowest BCUT2D eigenvalue weighted by molar-refractivity contribution is -0.125. The molecule has 0 bridgehead atoms. The summed E-state index contributed by atoms with van der Waals surface area (Å²) in [6, 6.07) is 0.387. The van der Waals surface area contributed by atoms with Crippen molar-refractivity contribution in [1.82, 2.24) is 5.32 Å². The maximum absolute atomic E-state index is 12.1. The third-order valence-corrected chi connectivity index (χ3v) is 4.28. The van der Waals surface area contributed by atoms with Crippen molar-refractivity contribution in [3.05, 3.63) is 0 Å². The highest BCUT2D eigenvalue weighted by Gasteiger charge is 2.25. The van der Waals surface area contributed by atoms with Crippen molar-refractivity contribution in [2.75, 3.05) is 6.54 Å². The van der Waals surface area contributed by atoms with Gasteiger partial charge in [0.15, 0.2) is 0 Å². The third kappa shape index (κ3) is 4.97. The Labute approximate surface area is 112 Å². The van der Waals surface area contributed by atoms with Crippen LogP contribution in [0.1, 0.15) is 65.2 Å². The SMILES string of the molecule is CCC(NC(=O)C(C)CCCN)C1CCCCC1. The summed E-state index contributed by atoms with van der Waals surface area (Å²) >= 11 is 0. The number of amides is 1. The highest BCUT2D eigenvalue weighted by molar-refractivity contribution is 5.78. The van der Waals surface area contributed by atoms with Gasteiger partial charge >= 0.3 is 0 Å². The van der Waals surface area contributed by atoms with Gasteiger partial charge in [0.2, 0.25) is 5.91 Å². The van der Waals surface area contributed by atoms with E-state index in [1.165, 1.54) is 32.1 Å². The van der Waals surface area contributed by atoms with Crippen LogP contribution in [0.5, 0.6) is 0 Å². The molecule has 0 aromatic carbocycles. The second-order valence-corrected chi connectivity index (χ2v) is 5.75. The largest absolute Gasteiger partial charge is 0.353 e. The van der Waals surface area contributed by atoms with Gasteiger partial charge in [-0.05, 0) is 44.6 Å². The van der Waals surface area contributed by atoms with Gasteiger partial charge in [0.1, 0.15) is 0 Å². The van der Waals surface area contributed by atoms with Gasteiger partial charge < -0.3 is 11.1 Å². The van der Waals surface area contributed by atoms with Crippen LogP contribution in [0.3, 0.4) is 0 Å². The highest BCUT2D eigenvalue weighted by atomic mass is 16.1. The molecule has 3 N–H and O–H groups in total. The first-order chi connectivity index (χ1) is 8.69. The summed E-state index contributed by atoms with van der Waals surface area (Å²) in [5.74, 6) is 1.03. The monoisotopic (exact) mass is 254 g/mol. The van der Waals surface area contributed by atoms with E-state index in [4.69, 9.17) is 5.73 Å². The van der Waals surface area contributed by atoms with Crippen LogP contribution in [0.25, 0.3) is 0 Å². The molecule has 0 aromatic heterocycles. The van der Waals surface area contributed by atoms with E-state index in [0.29, 0.717) is 18.5 Å². The number of nitrogens with two attached hydrogens (primary N) is 1. The van der Waals surface area contributed by atoms with E-state index in [1.54, 1.807) is 0 Å². The molecule has 1 amide bonds. The predicted octanol–water partition coefficient (Wildman–Crippen LogP) is 2.84. The van der Waals surface area contributed by atoms with E-state index >= 15 is 0 Å². The molecule has 1 saturated carbocycles. The summed E-state index contributed by atoms with van der Waals surface area (Å²) in [5, 5.41) is 3.27. The van der Waals surface area contributed by atoms with E-state index in [-0.39, 0.29) is 11.8 Å². The molecule has 2 atom stereocenters. The molecule has 1 fully saturated rings. The Bertz CT molecular complexity index is 237. The molecule has 0 radical (unpaired) electrons. The van der Waals surface area contributed by atoms with Crippen LogP contribution in [0, 0.1) is 11.8 Å². The average Bonchev–Trinajstić information content (AvgIpc) is 2.42. The Morgan fingerprint density at radius 2 is 2.00 bits per heavy atom. The van der Waals surface area contributed by atoms with E-state index in [0.717, 1.165) is 19.3 Å². The third-order valence-electron chi connectivity index (χ3n) is 4.28. The van der Waals surface area contributed by atoms with Gasteiger partial charge in [-0.25, -0.2) is 0 Å². The molecule has 2 unspecified atom stereocenters. The van der Waals surface area contributed by atoms with Gasteiger partial charge in [-0.1, -0.05) is 33.1 Å². The fourth-order valence-corrected chi connectivity index (χ4v) is 2.97. The van der Waals surface area contributed by atoms with Gasteiger partial charge in [0.05, 0.1) is 0 Å². The molecule has 3 heteroatoms. The van der Waals surface area contributed by atoms with Crippen LogP contribution in [-0.2, 0) is 4.79 Å². The normalized spacial score (nSPS) is 20.4. The molecular formula is C15H30N2O. The number of carbonyl (C=O) groups excluding carboxylic acids is 1. The Hall–Kier alpha value is -0.570. The zero-order valence-corrected chi connectivity index (χ0v) is 12.1. The average molecular weight is 254 g/mol. The van der Waals surface area contributed by atoms with Gasteiger partial charge in [0.25, 0.3) is 0 Å². The molecule has 18 heavy (non-hydrogen) atoms. The first-order valence-electron chi connectivity index (χ1n) is 7.69. The zero-order valence-electron chi connectivity index (χ0n) is 12.1. The van der Waals surface area contributed by atoms with E-state index < -0.39 is 0 Å². The quantitative estimate of drug-likeness (QED) is 0.734. The number of nitrogens with one attached hydrogen (secondary N) is 1. The summed E-state index contributed by atoms with van der Waals surface area (Å²) in [6.45, 7) is 4.88. The van der Waals surface area contributed by atoms with Crippen LogP contribution < -0.4 is 11.1 Å². The van der Waals surface area contributed by atoms with Crippen molar-refractivity contribution in [3.63, 3.8) is 0 Å². The standard InChI is InChI=1S/C15H30N2O/c1-3-14(13-9-5-4-6-10-13)17-15(18)12(2)8-7-11-16/h12-14H,3-11,16H2,1-2H3,(H,17,18). The molecule has 1 aliphatic rings. The van der Waals surface area contributed by atoms with Gasteiger partial charge in [-0.2, -0.15) is 0 Å². The maximum Gasteiger partial charge on any atom is 0.223 e. The number of rotatable bonds is 7. The lowest BCUT2D eigenvalue weighted by atomic mass is 9.82. The second kappa shape index (κ2) is 8.52. The number of hydrogen-bond donors (Lipinski definition) is 2. The van der Waals surface area contributed by atoms with Crippen molar-refractivity contribution in [3.8, 4) is 0 Å². The first-order valence-corrected chi connectivity index (χ1v) is 7.69. The topological polar surface area (TPSA) is 55.1 Å². The zero-order chi connectivity index (χ0) is 13.4. The van der Waals surface area contributed by atoms with Gasteiger partial charge in [-0.15, -0.1) is 0 Å². The van der Waals surface area contributed by atoms with Crippen molar-refractivity contribution in [2.45, 2.75) is 71.3 Å². The first kappa shape index (κ1) is 15.5. The molecule has 3 nitrogen and oxygen atoms in total. The summed E-state index contributed by atoms with van der Waals surface area (Å²) in [7, 11) is 0. The molecule has 106 valence electrons. The van der Waals surface area contributed by atoms with Gasteiger partial charge in [-0.3, -0.25) is 4.79 Å². The molecular weight excluding hydrogens is 224 g/mol. The van der Waals surface area contributed by atoms with Gasteiger partial charge in [0, 0.05) is 12.0 Å². The Morgan fingerprint density at radius 3 is 2.56 bits per heavy atom. The van der Waals surface area contributed by atoms with E-state index in [9.17, 15) is 4.79 Å². The minimum atomic E-state index is 0.103. The predicted molar refractivity (Wildman–Crippen MR) is 76.2 cm³/mol. The fourth-order valence-electron chi connectivity index (χ4n) is 2.97. The Kier molecular flexibility index (Phi) is 7.33.